The summed E-state index contributed by atoms with van der Waals surface area (Å²) < 4.78 is 10.6. The molecule has 0 saturated heterocycles. The van der Waals surface area contributed by atoms with Crippen LogP contribution in [0, 0.1) is 0 Å². The Morgan fingerprint density at radius 1 is 1.15 bits per heavy atom. The van der Waals surface area contributed by atoms with Crippen molar-refractivity contribution in [2.75, 3.05) is 6.79 Å². The zero-order chi connectivity index (χ0) is 18.7. The highest BCUT2D eigenvalue weighted by Gasteiger charge is 2.23. The number of nitrogens with one attached hydrogen (secondary N) is 2. The maximum absolute atomic E-state index is 12.4. The molecule has 0 aromatic heterocycles. The molecule has 2 aromatic rings. The number of fused-ring (bicyclic) bond motifs is 1. The molecule has 0 spiro atoms. The number of urea groups is 1. The second-order valence-electron chi connectivity index (χ2n) is 6.98. The van der Waals surface area contributed by atoms with E-state index < -0.39 is 5.54 Å². The Bertz CT molecular complexity index is 843. The van der Waals surface area contributed by atoms with Gasteiger partial charge >= 0.3 is 6.03 Å². The van der Waals surface area contributed by atoms with E-state index in [1.54, 1.807) is 0 Å². The lowest BCUT2D eigenvalue weighted by molar-refractivity contribution is 0.174. The zero-order valence-corrected chi connectivity index (χ0v) is 15.4. The molecular weight excluding hydrogens is 328 g/mol. The fourth-order valence-electron chi connectivity index (χ4n) is 2.81. The van der Waals surface area contributed by atoms with E-state index in [0.29, 0.717) is 12.3 Å². The van der Waals surface area contributed by atoms with Crippen molar-refractivity contribution >= 4 is 11.6 Å². The monoisotopic (exact) mass is 352 g/mol. The Morgan fingerprint density at radius 2 is 1.92 bits per heavy atom. The van der Waals surface area contributed by atoms with Gasteiger partial charge in [0.05, 0.1) is 5.54 Å². The third kappa shape index (κ3) is 3.99. The highest BCUT2D eigenvalue weighted by atomic mass is 16.7. The summed E-state index contributed by atoms with van der Waals surface area (Å²) >= 11 is 0. The zero-order valence-electron chi connectivity index (χ0n) is 15.4. The van der Waals surface area contributed by atoms with E-state index in [4.69, 9.17) is 9.47 Å². The van der Waals surface area contributed by atoms with Crippen LogP contribution in [0.3, 0.4) is 0 Å². The van der Waals surface area contributed by atoms with Crippen LogP contribution < -0.4 is 20.1 Å². The summed E-state index contributed by atoms with van der Waals surface area (Å²) in [5, 5.41) is 5.92. The van der Waals surface area contributed by atoms with Crippen molar-refractivity contribution in [3.8, 4) is 11.5 Å². The lowest BCUT2D eigenvalue weighted by Crippen LogP contribution is -2.46. The Balaban J connectivity index is 1.61. The molecule has 1 aliphatic heterocycles. The third-order valence-electron chi connectivity index (χ3n) is 4.39. The van der Waals surface area contributed by atoms with Crippen LogP contribution in [-0.2, 0) is 12.1 Å². The molecule has 26 heavy (non-hydrogen) atoms. The van der Waals surface area contributed by atoms with Gasteiger partial charge < -0.3 is 20.1 Å². The Kier molecular flexibility index (Phi) is 4.89. The summed E-state index contributed by atoms with van der Waals surface area (Å²) in [6.07, 6.45) is 0. The van der Waals surface area contributed by atoms with Crippen molar-refractivity contribution in [1.82, 2.24) is 10.6 Å². The van der Waals surface area contributed by atoms with Crippen LogP contribution in [0.4, 0.5) is 4.79 Å². The number of allylic oxidation sites excluding steroid dienone is 1. The predicted octanol–water partition coefficient (Wildman–Crippen LogP) is 4.18. The minimum Gasteiger partial charge on any atom is -0.454 e. The second kappa shape index (κ2) is 7.12. The van der Waals surface area contributed by atoms with Gasteiger partial charge in [0.2, 0.25) is 6.79 Å². The molecule has 2 amide bonds. The molecular formula is C21H24N2O3. The Hall–Kier alpha value is -2.95. The van der Waals surface area contributed by atoms with Crippen molar-refractivity contribution < 1.29 is 14.3 Å². The van der Waals surface area contributed by atoms with Gasteiger partial charge in [0.25, 0.3) is 0 Å². The third-order valence-corrected chi connectivity index (χ3v) is 4.39. The lowest BCUT2D eigenvalue weighted by Gasteiger charge is -2.27. The molecule has 5 nitrogen and oxygen atoms in total. The summed E-state index contributed by atoms with van der Waals surface area (Å²) in [6, 6.07) is 13.5. The van der Waals surface area contributed by atoms with Crippen molar-refractivity contribution in [1.29, 1.82) is 0 Å². The largest absolute Gasteiger partial charge is 0.454 e. The number of carbonyl (C=O) groups excluding carboxylic acids is 1. The average Bonchev–Trinajstić information content (AvgIpc) is 3.07. The van der Waals surface area contributed by atoms with Crippen LogP contribution in [0.15, 0.2) is 49.0 Å². The molecule has 1 aliphatic rings. The first-order chi connectivity index (χ1) is 12.3. The quantitative estimate of drug-likeness (QED) is 0.848. The number of benzene rings is 2. The molecule has 0 aliphatic carbocycles. The lowest BCUT2D eigenvalue weighted by atomic mass is 9.92. The Morgan fingerprint density at radius 3 is 2.69 bits per heavy atom. The van der Waals surface area contributed by atoms with Gasteiger partial charge in [-0.2, -0.15) is 0 Å². The second-order valence-corrected chi connectivity index (χ2v) is 6.98. The van der Waals surface area contributed by atoms with Gasteiger partial charge in [-0.1, -0.05) is 36.4 Å². The van der Waals surface area contributed by atoms with E-state index in [2.05, 4.69) is 23.3 Å². The average molecular weight is 352 g/mol. The highest BCUT2D eigenvalue weighted by molar-refractivity contribution is 5.75. The van der Waals surface area contributed by atoms with E-state index in [0.717, 1.165) is 28.0 Å². The highest BCUT2D eigenvalue weighted by Crippen LogP contribution is 2.32. The molecule has 0 saturated carbocycles. The number of rotatable bonds is 5. The molecule has 5 heteroatoms. The molecule has 0 atom stereocenters. The molecule has 2 N–H and O–H groups in total. The van der Waals surface area contributed by atoms with E-state index in [1.165, 1.54) is 0 Å². The first kappa shape index (κ1) is 17.9. The van der Waals surface area contributed by atoms with Gasteiger partial charge in [-0.15, -0.1) is 0 Å². The molecule has 3 rings (SSSR count). The van der Waals surface area contributed by atoms with E-state index >= 15 is 0 Å². The minimum atomic E-state index is -0.509. The summed E-state index contributed by atoms with van der Waals surface area (Å²) in [5.41, 5.74) is 3.53. The number of amides is 2. The van der Waals surface area contributed by atoms with Gasteiger partial charge in [-0.3, -0.25) is 0 Å². The van der Waals surface area contributed by atoms with Gasteiger partial charge in [0.1, 0.15) is 0 Å². The Labute approximate surface area is 154 Å². The van der Waals surface area contributed by atoms with Crippen LogP contribution in [0.25, 0.3) is 5.57 Å². The summed E-state index contributed by atoms with van der Waals surface area (Å²) in [7, 11) is 0. The molecule has 0 bridgehead atoms. The van der Waals surface area contributed by atoms with Crippen molar-refractivity contribution in [3.05, 3.63) is 65.7 Å². The van der Waals surface area contributed by atoms with Crippen molar-refractivity contribution in [3.63, 3.8) is 0 Å². The summed E-state index contributed by atoms with van der Waals surface area (Å²) in [6.45, 7) is 10.5. The van der Waals surface area contributed by atoms with E-state index in [1.807, 2.05) is 57.2 Å². The SMILES string of the molecule is C=C(C)c1cccc(C(C)(C)NC(=O)NCc2ccc3c(c2)OCO3)c1. The smallest absolute Gasteiger partial charge is 0.315 e. The molecule has 1 heterocycles. The standard InChI is InChI=1S/C21H24N2O3/c1-14(2)16-6-5-7-17(11-16)21(3,4)23-20(24)22-12-15-8-9-18-19(10-15)26-13-25-18/h5-11H,1,12-13H2,2-4H3,(H2,22,23,24). The fraction of sp³-hybridized carbons (Fsp3) is 0.286. The van der Waals surface area contributed by atoms with Crippen molar-refractivity contribution in [2.45, 2.75) is 32.9 Å². The number of ether oxygens (including phenoxy) is 2. The number of hydrogen-bond acceptors (Lipinski definition) is 3. The van der Waals surface area contributed by atoms with Crippen LogP contribution in [-0.4, -0.2) is 12.8 Å². The van der Waals surface area contributed by atoms with E-state index in [9.17, 15) is 4.79 Å². The van der Waals surface area contributed by atoms with Crippen LogP contribution in [0.1, 0.15) is 37.5 Å². The summed E-state index contributed by atoms with van der Waals surface area (Å²) in [5.74, 6) is 1.44. The van der Waals surface area contributed by atoms with Gasteiger partial charge in [0, 0.05) is 6.54 Å². The molecule has 0 fully saturated rings. The van der Waals surface area contributed by atoms with Gasteiger partial charge in [-0.25, -0.2) is 4.79 Å². The number of carbonyl (C=O) groups is 1. The molecule has 136 valence electrons. The fourth-order valence-corrected chi connectivity index (χ4v) is 2.81. The molecule has 0 unspecified atom stereocenters. The maximum atomic E-state index is 12.4. The van der Waals surface area contributed by atoms with E-state index in [-0.39, 0.29) is 12.8 Å². The van der Waals surface area contributed by atoms with Gasteiger partial charge in [0.15, 0.2) is 11.5 Å². The topological polar surface area (TPSA) is 59.6 Å². The predicted molar refractivity (Wildman–Crippen MR) is 102 cm³/mol. The number of hydrogen-bond donors (Lipinski definition) is 2. The van der Waals surface area contributed by atoms with Crippen LogP contribution in [0.2, 0.25) is 0 Å². The first-order valence-corrected chi connectivity index (χ1v) is 8.56. The van der Waals surface area contributed by atoms with Gasteiger partial charge in [-0.05, 0) is 55.7 Å². The van der Waals surface area contributed by atoms with Crippen molar-refractivity contribution in [2.24, 2.45) is 0 Å². The van der Waals surface area contributed by atoms with Crippen LogP contribution in [0.5, 0.6) is 11.5 Å². The maximum Gasteiger partial charge on any atom is 0.315 e. The van der Waals surface area contributed by atoms with Crippen LogP contribution >= 0.6 is 0 Å². The normalized spacial score (nSPS) is 12.6. The molecule has 0 radical (unpaired) electrons. The minimum absolute atomic E-state index is 0.228. The molecule has 2 aromatic carbocycles. The summed E-state index contributed by atoms with van der Waals surface area (Å²) in [4.78, 5) is 12.4. The first-order valence-electron chi connectivity index (χ1n) is 8.56.